The first-order valence-electron chi connectivity index (χ1n) is 10.4. The van der Waals surface area contributed by atoms with Gasteiger partial charge in [-0.3, -0.25) is 0 Å². The highest BCUT2D eigenvalue weighted by Gasteiger charge is 2.16. The molecule has 0 aliphatic carbocycles. The Balaban J connectivity index is 1.49. The van der Waals surface area contributed by atoms with E-state index in [1.54, 1.807) is 7.11 Å². The van der Waals surface area contributed by atoms with Crippen LogP contribution in [0, 0.1) is 0 Å². The number of hydrogen-bond donors (Lipinski definition) is 0. The zero-order valence-corrected chi connectivity index (χ0v) is 18.9. The molecular formula is C23H25N5O3S. The first-order valence-corrected chi connectivity index (χ1v) is 11.4. The molecule has 166 valence electrons. The number of aromatic nitrogens is 5. The summed E-state index contributed by atoms with van der Waals surface area (Å²) in [6.45, 7) is 3.45. The lowest BCUT2D eigenvalue weighted by Crippen LogP contribution is -2.12. The molecule has 0 saturated carbocycles. The maximum Gasteiger partial charge on any atom is 0.237 e. The minimum atomic E-state index is 0.293. The summed E-state index contributed by atoms with van der Waals surface area (Å²) < 4.78 is 18.7. The standard InChI is InChI=1S/C23H25N5O3S/c1-3-20-24-22(31-27-20)16-32-23-26-25-21(28(23)13-14-29-2)15-30-19-12-8-7-11-18(19)17-9-5-4-6-10-17/h4-12H,3,13-16H2,1-2H3. The summed E-state index contributed by atoms with van der Waals surface area (Å²) in [6.07, 6.45) is 0.740. The van der Waals surface area contributed by atoms with Crippen LogP contribution < -0.4 is 4.74 Å². The summed E-state index contributed by atoms with van der Waals surface area (Å²) in [5.41, 5.74) is 2.14. The van der Waals surface area contributed by atoms with Crippen molar-refractivity contribution in [3.8, 4) is 16.9 Å². The van der Waals surface area contributed by atoms with Crippen molar-refractivity contribution in [2.45, 2.75) is 37.4 Å². The van der Waals surface area contributed by atoms with Gasteiger partial charge in [-0.25, -0.2) is 0 Å². The summed E-state index contributed by atoms with van der Waals surface area (Å²) in [5, 5.41) is 13.4. The lowest BCUT2D eigenvalue weighted by molar-refractivity contribution is 0.181. The molecule has 0 aliphatic rings. The zero-order chi connectivity index (χ0) is 22.2. The smallest absolute Gasteiger partial charge is 0.237 e. The highest BCUT2D eigenvalue weighted by Crippen LogP contribution is 2.30. The predicted molar refractivity (Wildman–Crippen MR) is 121 cm³/mol. The molecule has 32 heavy (non-hydrogen) atoms. The molecule has 2 heterocycles. The van der Waals surface area contributed by atoms with Crippen LogP contribution in [-0.2, 0) is 30.1 Å². The van der Waals surface area contributed by atoms with Crippen LogP contribution in [0.4, 0.5) is 0 Å². The number of thioether (sulfide) groups is 1. The SMILES string of the molecule is CCc1noc(CSc2nnc(COc3ccccc3-c3ccccc3)n2CCOC)n1. The average molecular weight is 452 g/mol. The van der Waals surface area contributed by atoms with Crippen LogP contribution in [0.25, 0.3) is 11.1 Å². The molecule has 4 rings (SSSR count). The molecule has 0 bridgehead atoms. The summed E-state index contributed by atoms with van der Waals surface area (Å²) in [4.78, 5) is 4.35. The third-order valence-electron chi connectivity index (χ3n) is 4.79. The maximum absolute atomic E-state index is 6.18. The number of hydrogen-bond acceptors (Lipinski definition) is 8. The van der Waals surface area contributed by atoms with E-state index >= 15 is 0 Å². The first kappa shape index (κ1) is 22.0. The molecule has 2 aromatic carbocycles. The average Bonchev–Trinajstić information content (AvgIpc) is 3.47. The monoisotopic (exact) mass is 451 g/mol. The number of methoxy groups -OCH3 is 1. The molecule has 8 nitrogen and oxygen atoms in total. The number of aryl methyl sites for hydroxylation is 1. The molecular weight excluding hydrogens is 426 g/mol. The van der Waals surface area contributed by atoms with Crippen LogP contribution in [0.3, 0.4) is 0 Å². The van der Waals surface area contributed by atoms with E-state index < -0.39 is 0 Å². The molecule has 0 aliphatic heterocycles. The van der Waals surface area contributed by atoms with Crippen molar-refractivity contribution in [3.05, 3.63) is 72.1 Å². The van der Waals surface area contributed by atoms with Gasteiger partial charge in [0.2, 0.25) is 5.89 Å². The maximum atomic E-state index is 6.18. The van der Waals surface area contributed by atoms with Crippen LogP contribution in [0.15, 0.2) is 64.3 Å². The lowest BCUT2D eigenvalue weighted by Gasteiger charge is -2.13. The molecule has 0 spiro atoms. The van der Waals surface area contributed by atoms with Gasteiger partial charge in [-0.15, -0.1) is 10.2 Å². The molecule has 9 heteroatoms. The molecule has 0 N–H and O–H groups in total. The number of nitrogens with zero attached hydrogens (tertiary/aromatic N) is 5. The Morgan fingerprint density at radius 2 is 1.84 bits per heavy atom. The van der Waals surface area contributed by atoms with Crippen molar-refractivity contribution in [1.82, 2.24) is 24.9 Å². The number of para-hydroxylation sites is 1. The van der Waals surface area contributed by atoms with Gasteiger partial charge in [-0.05, 0) is 11.6 Å². The molecule has 4 aromatic rings. The second-order valence-electron chi connectivity index (χ2n) is 6.94. The molecule has 0 fully saturated rings. The van der Waals surface area contributed by atoms with Gasteiger partial charge in [-0.1, -0.05) is 72.4 Å². The lowest BCUT2D eigenvalue weighted by atomic mass is 10.1. The van der Waals surface area contributed by atoms with Crippen molar-refractivity contribution in [1.29, 1.82) is 0 Å². The highest BCUT2D eigenvalue weighted by atomic mass is 32.2. The summed E-state index contributed by atoms with van der Waals surface area (Å²) in [7, 11) is 1.67. The normalized spacial score (nSPS) is 11.1. The van der Waals surface area contributed by atoms with Crippen molar-refractivity contribution in [2.75, 3.05) is 13.7 Å². The van der Waals surface area contributed by atoms with E-state index in [-0.39, 0.29) is 0 Å². The van der Waals surface area contributed by atoms with E-state index in [9.17, 15) is 0 Å². The summed E-state index contributed by atoms with van der Waals surface area (Å²) in [6, 6.07) is 18.2. The Labute approximate surface area is 191 Å². The minimum absolute atomic E-state index is 0.293. The van der Waals surface area contributed by atoms with Crippen LogP contribution in [0.5, 0.6) is 5.75 Å². The molecule has 2 aromatic heterocycles. The second-order valence-corrected chi connectivity index (χ2v) is 7.88. The van der Waals surface area contributed by atoms with E-state index in [1.165, 1.54) is 11.8 Å². The van der Waals surface area contributed by atoms with Gasteiger partial charge in [0.15, 0.2) is 16.8 Å². The van der Waals surface area contributed by atoms with Crippen LogP contribution in [-0.4, -0.2) is 38.6 Å². The van der Waals surface area contributed by atoms with Crippen molar-refractivity contribution < 1.29 is 14.0 Å². The van der Waals surface area contributed by atoms with Crippen molar-refractivity contribution >= 4 is 11.8 Å². The Kier molecular flexibility index (Phi) is 7.52. The molecule has 0 unspecified atom stereocenters. The van der Waals surface area contributed by atoms with Crippen LogP contribution in [0.1, 0.15) is 24.5 Å². The predicted octanol–water partition coefficient (Wildman–Crippen LogP) is 4.41. The Morgan fingerprint density at radius 3 is 2.62 bits per heavy atom. The van der Waals surface area contributed by atoms with Crippen LogP contribution >= 0.6 is 11.8 Å². The quantitative estimate of drug-likeness (QED) is 0.310. The van der Waals surface area contributed by atoms with Gasteiger partial charge in [0, 0.05) is 25.6 Å². The Hall–Kier alpha value is -3.17. The van der Waals surface area contributed by atoms with E-state index in [0.29, 0.717) is 37.2 Å². The second kappa shape index (κ2) is 10.9. The molecule has 0 amide bonds. The van der Waals surface area contributed by atoms with Gasteiger partial charge >= 0.3 is 0 Å². The summed E-state index contributed by atoms with van der Waals surface area (Å²) >= 11 is 1.50. The Bertz CT molecular complexity index is 1130. The third kappa shape index (κ3) is 5.35. The fourth-order valence-electron chi connectivity index (χ4n) is 3.15. The molecule has 0 atom stereocenters. The van der Waals surface area contributed by atoms with Crippen molar-refractivity contribution in [2.24, 2.45) is 0 Å². The highest BCUT2D eigenvalue weighted by molar-refractivity contribution is 7.98. The first-order chi connectivity index (χ1) is 15.8. The zero-order valence-electron chi connectivity index (χ0n) is 18.1. The summed E-state index contributed by atoms with van der Waals surface area (Å²) in [5.74, 6) is 3.32. The van der Waals surface area contributed by atoms with Gasteiger partial charge in [0.25, 0.3) is 0 Å². The van der Waals surface area contributed by atoms with Gasteiger partial charge in [0.1, 0.15) is 12.4 Å². The Morgan fingerprint density at radius 1 is 1.03 bits per heavy atom. The van der Waals surface area contributed by atoms with Gasteiger partial charge in [-0.2, -0.15) is 4.98 Å². The number of ether oxygens (including phenoxy) is 2. The number of benzene rings is 2. The molecule has 0 saturated heterocycles. The topological polar surface area (TPSA) is 88.1 Å². The van der Waals surface area contributed by atoms with E-state index in [4.69, 9.17) is 14.0 Å². The van der Waals surface area contributed by atoms with E-state index in [0.717, 1.165) is 34.3 Å². The number of rotatable bonds is 11. The van der Waals surface area contributed by atoms with E-state index in [1.807, 2.05) is 47.9 Å². The fourth-order valence-corrected chi connectivity index (χ4v) is 3.97. The minimum Gasteiger partial charge on any atom is -0.485 e. The van der Waals surface area contributed by atoms with E-state index in [2.05, 4.69) is 38.5 Å². The molecule has 0 radical (unpaired) electrons. The third-order valence-corrected chi connectivity index (χ3v) is 5.74. The van der Waals surface area contributed by atoms with Gasteiger partial charge < -0.3 is 18.6 Å². The van der Waals surface area contributed by atoms with Crippen molar-refractivity contribution in [3.63, 3.8) is 0 Å². The fraction of sp³-hybridized carbons (Fsp3) is 0.304. The van der Waals surface area contributed by atoms with Crippen LogP contribution in [0.2, 0.25) is 0 Å². The largest absolute Gasteiger partial charge is 0.485 e. The van der Waals surface area contributed by atoms with Gasteiger partial charge in [0.05, 0.1) is 12.4 Å².